The van der Waals surface area contributed by atoms with Crippen LogP contribution in [0.15, 0.2) is 18.2 Å². The van der Waals surface area contributed by atoms with Gasteiger partial charge in [0.15, 0.2) is 0 Å². The molecule has 1 fully saturated rings. The van der Waals surface area contributed by atoms with Gasteiger partial charge in [0, 0.05) is 19.5 Å². The zero-order valence-corrected chi connectivity index (χ0v) is 14.6. The lowest BCUT2D eigenvalue weighted by molar-refractivity contribution is -0.137. The van der Waals surface area contributed by atoms with Crippen molar-refractivity contribution in [3.05, 3.63) is 29.3 Å². The van der Waals surface area contributed by atoms with Crippen molar-refractivity contribution in [2.45, 2.75) is 46.0 Å². The Bertz CT molecular complexity index is 585. The Balaban J connectivity index is 1.75. The molecule has 2 rings (SSSR count). The van der Waals surface area contributed by atoms with Gasteiger partial charge in [-0.1, -0.05) is 6.07 Å². The number of carboxylic acids is 1. The van der Waals surface area contributed by atoms with Crippen LogP contribution < -0.4 is 4.74 Å². The van der Waals surface area contributed by atoms with Gasteiger partial charge in [0.05, 0.1) is 13.0 Å². The molecule has 0 bridgehead atoms. The number of aryl methyl sites for hydroxylation is 2. The molecule has 5 nitrogen and oxygen atoms in total. The van der Waals surface area contributed by atoms with E-state index in [-0.39, 0.29) is 12.3 Å². The van der Waals surface area contributed by atoms with Crippen molar-refractivity contribution in [1.82, 2.24) is 4.90 Å². The summed E-state index contributed by atoms with van der Waals surface area (Å²) in [6, 6.07) is 5.93. The summed E-state index contributed by atoms with van der Waals surface area (Å²) >= 11 is 0. The first-order valence-corrected chi connectivity index (χ1v) is 8.65. The molecular formula is C19H27NO4. The summed E-state index contributed by atoms with van der Waals surface area (Å²) in [6.45, 7) is 5.91. The zero-order chi connectivity index (χ0) is 17.5. The second-order valence-corrected chi connectivity index (χ2v) is 6.62. The van der Waals surface area contributed by atoms with Crippen molar-refractivity contribution in [2.75, 3.05) is 19.7 Å². The standard InChI is InChI=1S/C19H27NO4/c1-14-5-7-17(12-15(14)2)24-11-9-18(21)20-10-3-4-16(13-20)6-8-19(22)23/h5,7,12,16H,3-4,6,8-11,13H2,1-2H3,(H,22,23). The average molecular weight is 333 g/mol. The SMILES string of the molecule is Cc1ccc(OCCC(=O)N2CCCC(CCC(=O)O)C2)cc1C. The Morgan fingerprint density at radius 2 is 2.04 bits per heavy atom. The van der Waals surface area contributed by atoms with Crippen molar-refractivity contribution < 1.29 is 19.4 Å². The number of ether oxygens (including phenoxy) is 1. The quantitative estimate of drug-likeness (QED) is 0.832. The third-order valence-electron chi connectivity index (χ3n) is 4.70. The van der Waals surface area contributed by atoms with Crippen molar-refractivity contribution in [2.24, 2.45) is 5.92 Å². The number of hydrogen-bond donors (Lipinski definition) is 1. The maximum Gasteiger partial charge on any atom is 0.303 e. The highest BCUT2D eigenvalue weighted by Gasteiger charge is 2.23. The summed E-state index contributed by atoms with van der Waals surface area (Å²) in [4.78, 5) is 24.9. The Labute approximate surface area is 143 Å². The highest BCUT2D eigenvalue weighted by molar-refractivity contribution is 5.76. The maximum absolute atomic E-state index is 12.3. The highest BCUT2D eigenvalue weighted by atomic mass is 16.5. The summed E-state index contributed by atoms with van der Waals surface area (Å²) in [5.41, 5.74) is 2.40. The number of aliphatic carboxylic acids is 1. The number of amides is 1. The number of carbonyl (C=O) groups is 2. The number of benzene rings is 1. The number of likely N-dealkylation sites (tertiary alicyclic amines) is 1. The number of hydrogen-bond acceptors (Lipinski definition) is 3. The number of carbonyl (C=O) groups excluding carboxylic acids is 1. The van der Waals surface area contributed by atoms with E-state index >= 15 is 0 Å². The molecule has 0 saturated carbocycles. The molecule has 1 heterocycles. The molecule has 0 aliphatic carbocycles. The smallest absolute Gasteiger partial charge is 0.303 e. The van der Waals surface area contributed by atoms with E-state index in [0.717, 1.165) is 25.1 Å². The van der Waals surface area contributed by atoms with Gasteiger partial charge in [-0.2, -0.15) is 0 Å². The first-order valence-electron chi connectivity index (χ1n) is 8.65. The average Bonchev–Trinajstić information content (AvgIpc) is 2.56. The first kappa shape index (κ1) is 18.3. The molecule has 1 unspecified atom stereocenters. The van der Waals surface area contributed by atoms with E-state index in [1.165, 1.54) is 11.1 Å². The van der Waals surface area contributed by atoms with Gasteiger partial charge in [-0.05, 0) is 62.3 Å². The fourth-order valence-corrected chi connectivity index (χ4v) is 3.07. The van der Waals surface area contributed by atoms with E-state index in [1.807, 2.05) is 30.0 Å². The summed E-state index contributed by atoms with van der Waals surface area (Å²) in [5.74, 6) is 0.433. The van der Waals surface area contributed by atoms with Gasteiger partial charge < -0.3 is 14.7 Å². The van der Waals surface area contributed by atoms with Crippen LogP contribution in [0.5, 0.6) is 5.75 Å². The van der Waals surface area contributed by atoms with Crippen molar-refractivity contribution in [3.8, 4) is 5.75 Å². The van der Waals surface area contributed by atoms with E-state index in [0.29, 0.717) is 31.9 Å². The second-order valence-electron chi connectivity index (χ2n) is 6.62. The van der Waals surface area contributed by atoms with Crippen molar-refractivity contribution in [3.63, 3.8) is 0 Å². The largest absolute Gasteiger partial charge is 0.493 e. The fraction of sp³-hybridized carbons (Fsp3) is 0.579. The Kier molecular flexibility index (Phi) is 6.64. The summed E-state index contributed by atoms with van der Waals surface area (Å²) in [5, 5.41) is 8.78. The Morgan fingerprint density at radius 1 is 1.25 bits per heavy atom. The lowest BCUT2D eigenvalue weighted by atomic mass is 9.93. The molecule has 0 spiro atoms. The van der Waals surface area contributed by atoms with Gasteiger partial charge in [-0.3, -0.25) is 9.59 Å². The predicted molar refractivity (Wildman–Crippen MR) is 92.2 cm³/mol. The zero-order valence-electron chi connectivity index (χ0n) is 14.6. The van der Waals surface area contributed by atoms with Crippen LogP contribution in [0.1, 0.15) is 43.2 Å². The van der Waals surface area contributed by atoms with Crippen LogP contribution in [0, 0.1) is 19.8 Å². The minimum Gasteiger partial charge on any atom is -0.493 e. The fourth-order valence-electron chi connectivity index (χ4n) is 3.07. The van der Waals surface area contributed by atoms with Crippen LogP contribution in [0.3, 0.4) is 0 Å². The van der Waals surface area contributed by atoms with Crippen molar-refractivity contribution >= 4 is 11.9 Å². The highest BCUT2D eigenvalue weighted by Crippen LogP contribution is 2.22. The molecular weight excluding hydrogens is 306 g/mol. The van der Waals surface area contributed by atoms with Gasteiger partial charge in [-0.25, -0.2) is 0 Å². The minimum absolute atomic E-state index is 0.0962. The third kappa shape index (κ3) is 5.55. The van der Waals surface area contributed by atoms with Crippen LogP contribution in [0.4, 0.5) is 0 Å². The maximum atomic E-state index is 12.3. The monoisotopic (exact) mass is 333 g/mol. The normalized spacial score (nSPS) is 17.6. The van der Waals surface area contributed by atoms with Crippen LogP contribution in [-0.4, -0.2) is 41.6 Å². The summed E-state index contributed by atoms with van der Waals surface area (Å²) in [6.07, 6.45) is 3.16. The van der Waals surface area contributed by atoms with Gasteiger partial charge in [0.25, 0.3) is 0 Å². The molecule has 132 valence electrons. The number of nitrogens with zero attached hydrogens (tertiary/aromatic N) is 1. The molecule has 1 aromatic carbocycles. The molecule has 1 N–H and O–H groups in total. The van der Waals surface area contributed by atoms with E-state index in [4.69, 9.17) is 9.84 Å². The number of piperidine rings is 1. The molecule has 1 aliphatic heterocycles. The molecule has 1 saturated heterocycles. The van der Waals surface area contributed by atoms with Gasteiger partial charge >= 0.3 is 5.97 Å². The molecule has 0 aromatic heterocycles. The summed E-state index contributed by atoms with van der Waals surface area (Å²) in [7, 11) is 0. The van der Waals surface area contributed by atoms with Gasteiger partial charge in [0.1, 0.15) is 5.75 Å². The lowest BCUT2D eigenvalue weighted by Gasteiger charge is -2.32. The summed E-state index contributed by atoms with van der Waals surface area (Å²) < 4.78 is 5.68. The number of carboxylic acid groups (broad SMARTS) is 1. The first-order chi connectivity index (χ1) is 11.5. The topological polar surface area (TPSA) is 66.8 Å². The van der Waals surface area contributed by atoms with E-state index in [2.05, 4.69) is 6.92 Å². The van der Waals surface area contributed by atoms with Crippen molar-refractivity contribution in [1.29, 1.82) is 0 Å². The van der Waals surface area contributed by atoms with E-state index < -0.39 is 5.97 Å². The Hall–Kier alpha value is -2.04. The van der Waals surface area contributed by atoms with E-state index in [1.54, 1.807) is 0 Å². The minimum atomic E-state index is -0.764. The van der Waals surface area contributed by atoms with Crippen LogP contribution in [0.2, 0.25) is 0 Å². The van der Waals surface area contributed by atoms with Crippen LogP contribution in [-0.2, 0) is 9.59 Å². The predicted octanol–water partition coefficient (Wildman–Crippen LogP) is 3.18. The second kappa shape index (κ2) is 8.71. The third-order valence-corrected chi connectivity index (χ3v) is 4.70. The number of rotatable bonds is 7. The lowest BCUT2D eigenvalue weighted by Crippen LogP contribution is -2.40. The molecule has 24 heavy (non-hydrogen) atoms. The molecule has 1 aromatic rings. The van der Waals surface area contributed by atoms with Gasteiger partial charge in [-0.15, -0.1) is 0 Å². The van der Waals surface area contributed by atoms with Gasteiger partial charge in [0.2, 0.25) is 5.91 Å². The molecule has 1 amide bonds. The van der Waals surface area contributed by atoms with Crippen LogP contribution >= 0.6 is 0 Å². The molecule has 0 radical (unpaired) electrons. The Morgan fingerprint density at radius 3 is 2.75 bits per heavy atom. The molecule has 5 heteroatoms. The van der Waals surface area contributed by atoms with E-state index in [9.17, 15) is 9.59 Å². The molecule has 1 atom stereocenters. The molecule has 1 aliphatic rings. The van der Waals surface area contributed by atoms with Crippen LogP contribution in [0.25, 0.3) is 0 Å².